The van der Waals surface area contributed by atoms with Gasteiger partial charge in [0.15, 0.2) is 12.2 Å². The minimum Gasteiger partial charge on any atom is -0.451 e. The summed E-state index contributed by atoms with van der Waals surface area (Å²) in [6.07, 6.45) is 1.68. The van der Waals surface area contributed by atoms with Crippen molar-refractivity contribution in [1.29, 1.82) is 0 Å². The summed E-state index contributed by atoms with van der Waals surface area (Å²) in [6, 6.07) is 9.66. The van der Waals surface area contributed by atoms with Gasteiger partial charge in [-0.3, -0.25) is 4.79 Å². The molecule has 1 rings (SSSR count). The van der Waals surface area contributed by atoms with Crippen LogP contribution in [0.4, 0.5) is 0 Å². The van der Waals surface area contributed by atoms with Crippen molar-refractivity contribution in [2.75, 3.05) is 6.61 Å². The van der Waals surface area contributed by atoms with Gasteiger partial charge in [0.25, 0.3) is 5.91 Å². The largest absolute Gasteiger partial charge is 0.451 e. The molecule has 0 aliphatic carbocycles. The Morgan fingerprint density at radius 3 is 2.46 bits per heavy atom. The van der Waals surface area contributed by atoms with Crippen LogP contribution in [0.15, 0.2) is 43.0 Å². The number of benzene rings is 1. The third-order valence-corrected chi connectivity index (χ3v) is 3.55. The Balaban J connectivity index is 2.60. The lowest BCUT2D eigenvalue weighted by Gasteiger charge is -2.22. The summed E-state index contributed by atoms with van der Waals surface area (Å²) in [5.41, 5.74) is 1.04. The molecule has 132 valence electrons. The highest BCUT2D eigenvalue weighted by atomic mass is 16.6. The average molecular weight is 333 g/mol. The minimum atomic E-state index is -0.879. The first-order chi connectivity index (χ1) is 11.5. The number of esters is 1. The van der Waals surface area contributed by atoms with E-state index < -0.39 is 18.2 Å². The molecule has 0 heterocycles. The quantitative estimate of drug-likeness (QED) is 0.528. The van der Waals surface area contributed by atoms with Gasteiger partial charge in [0.05, 0.1) is 12.6 Å². The molecule has 1 N–H and O–H groups in total. The Hall–Kier alpha value is -2.14. The van der Waals surface area contributed by atoms with Gasteiger partial charge >= 0.3 is 5.97 Å². The zero-order chi connectivity index (χ0) is 17.9. The molecule has 0 aliphatic heterocycles. The monoisotopic (exact) mass is 333 g/mol. The Morgan fingerprint density at radius 1 is 1.21 bits per heavy atom. The van der Waals surface area contributed by atoms with E-state index in [-0.39, 0.29) is 18.6 Å². The third kappa shape index (κ3) is 6.54. The second kappa shape index (κ2) is 10.6. The molecule has 5 nitrogen and oxygen atoms in total. The molecular formula is C19H27NO4. The lowest BCUT2D eigenvalue weighted by molar-refractivity contribution is -0.164. The van der Waals surface area contributed by atoms with E-state index in [2.05, 4.69) is 18.8 Å². The molecule has 1 aromatic rings. The van der Waals surface area contributed by atoms with Gasteiger partial charge < -0.3 is 14.8 Å². The van der Waals surface area contributed by atoms with Crippen LogP contribution in [-0.2, 0) is 19.1 Å². The van der Waals surface area contributed by atoms with Crippen molar-refractivity contribution in [2.45, 2.75) is 51.9 Å². The van der Waals surface area contributed by atoms with Gasteiger partial charge in [0.2, 0.25) is 0 Å². The predicted molar refractivity (Wildman–Crippen MR) is 93.4 cm³/mol. The summed E-state index contributed by atoms with van der Waals surface area (Å²) in [4.78, 5) is 24.2. The van der Waals surface area contributed by atoms with Crippen LogP contribution in [0, 0.1) is 0 Å². The van der Waals surface area contributed by atoms with Crippen LogP contribution < -0.4 is 5.32 Å². The van der Waals surface area contributed by atoms with Crippen LogP contribution >= 0.6 is 0 Å². The Labute approximate surface area is 144 Å². The standard InChI is InChI=1S/C19H27NO4/c1-5-10-17(16-11-8-7-9-12-16)20-18(21)14(3)24-19(22)15(4)23-13-6-2/h6-9,11-12,14-15,17H,2,5,10,13H2,1,3-4H3,(H,20,21). The maximum absolute atomic E-state index is 12.3. The molecule has 0 radical (unpaired) electrons. The zero-order valence-corrected chi connectivity index (χ0v) is 14.7. The molecule has 3 unspecified atom stereocenters. The highest BCUT2D eigenvalue weighted by Crippen LogP contribution is 2.18. The number of carbonyl (C=O) groups is 2. The first-order valence-corrected chi connectivity index (χ1v) is 8.27. The van der Waals surface area contributed by atoms with Crippen LogP contribution in [0.1, 0.15) is 45.2 Å². The van der Waals surface area contributed by atoms with E-state index in [0.29, 0.717) is 0 Å². The minimum absolute atomic E-state index is 0.0979. The van der Waals surface area contributed by atoms with Crippen molar-refractivity contribution in [3.63, 3.8) is 0 Å². The zero-order valence-electron chi connectivity index (χ0n) is 14.7. The summed E-state index contributed by atoms with van der Waals surface area (Å²) >= 11 is 0. The maximum Gasteiger partial charge on any atom is 0.335 e. The van der Waals surface area contributed by atoms with E-state index in [9.17, 15) is 9.59 Å². The fraction of sp³-hybridized carbons (Fsp3) is 0.474. The van der Waals surface area contributed by atoms with Gasteiger partial charge in [-0.2, -0.15) is 0 Å². The van der Waals surface area contributed by atoms with Crippen molar-refractivity contribution >= 4 is 11.9 Å². The number of nitrogens with one attached hydrogen (secondary N) is 1. The molecule has 0 aromatic heterocycles. The van der Waals surface area contributed by atoms with Crippen LogP contribution in [0.2, 0.25) is 0 Å². The molecule has 1 aromatic carbocycles. The number of hydrogen-bond donors (Lipinski definition) is 1. The number of rotatable bonds is 10. The predicted octanol–water partition coefficient (Wildman–Crippen LogP) is 3.17. The van der Waals surface area contributed by atoms with Gasteiger partial charge in [-0.25, -0.2) is 4.79 Å². The van der Waals surface area contributed by atoms with Crippen molar-refractivity contribution in [3.05, 3.63) is 48.6 Å². The molecule has 24 heavy (non-hydrogen) atoms. The van der Waals surface area contributed by atoms with E-state index >= 15 is 0 Å². The Kier molecular flexibility index (Phi) is 8.79. The normalized spacial score (nSPS) is 14.3. The Morgan fingerprint density at radius 2 is 1.88 bits per heavy atom. The first kappa shape index (κ1) is 19.9. The van der Waals surface area contributed by atoms with Crippen LogP contribution in [0.5, 0.6) is 0 Å². The van der Waals surface area contributed by atoms with Crippen molar-refractivity contribution < 1.29 is 19.1 Å². The molecule has 0 saturated heterocycles. The molecule has 1 amide bonds. The second-order valence-electron chi connectivity index (χ2n) is 5.60. The summed E-state index contributed by atoms with van der Waals surface area (Å²) in [5, 5.41) is 2.95. The fourth-order valence-corrected chi connectivity index (χ4v) is 2.19. The molecular weight excluding hydrogens is 306 g/mol. The number of carbonyl (C=O) groups excluding carboxylic acids is 2. The Bertz CT molecular complexity index is 529. The molecule has 0 spiro atoms. The van der Waals surface area contributed by atoms with E-state index in [0.717, 1.165) is 18.4 Å². The molecule has 5 heteroatoms. The van der Waals surface area contributed by atoms with Crippen LogP contribution in [0.3, 0.4) is 0 Å². The van der Waals surface area contributed by atoms with Gasteiger partial charge in [0.1, 0.15) is 0 Å². The smallest absolute Gasteiger partial charge is 0.335 e. The molecule has 0 aliphatic rings. The molecule has 0 bridgehead atoms. The van der Waals surface area contributed by atoms with Gasteiger partial charge in [-0.05, 0) is 25.8 Å². The fourth-order valence-electron chi connectivity index (χ4n) is 2.19. The second-order valence-corrected chi connectivity index (χ2v) is 5.60. The summed E-state index contributed by atoms with van der Waals surface area (Å²) in [6.45, 7) is 8.97. The number of amides is 1. The lowest BCUT2D eigenvalue weighted by atomic mass is 10.0. The van der Waals surface area contributed by atoms with Crippen LogP contribution in [-0.4, -0.2) is 30.7 Å². The number of hydrogen-bond acceptors (Lipinski definition) is 4. The SMILES string of the molecule is C=CCOC(C)C(=O)OC(C)C(=O)NC(CCC)c1ccccc1. The molecule has 0 fully saturated rings. The summed E-state index contributed by atoms with van der Waals surface area (Å²) in [7, 11) is 0. The van der Waals surface area contributed by atoms with Gasteiger partial charge in [-0.15, -0.1) is 6.58 Å². The van der Waals surface area contributed by atoms with E-state index in [1.54, 1.807) is 19.9 Å². The average Bonchev–Trinajstić information content (AvgIpc) is 2.59. The molecule has 3 atom stereocenters. The van der Waals surface area contributed by atoms with Crippen LogP contribution in [0.25, 0.3) is 0 Å². The highest BCUT2D eigenvalue weighted by Gasteiger charge is 2.24. The first-order valence-electron chi connectivity index (χ1n) is 8.27. The van der Waals surface area contributed by atoms with E-state index in [1.165, 1.54) is 0 Å². The molecule has 0 saturated carbocycles. The van der Waals surface area contributed by atoms with Crippen molar-refractivity contribution in [2.24, 2.45) is 0 Å². The summed E-state index contributed by atoms with van der Waals surface area (Å²) < 4.78 is 10.4. The van der Waals surface area contributed by atoms with Gasteiger partial charge in [-0.1, -0.05) is 49.8 Å². The van der Waals surface area contributed by atoms with Gasteiger partial charge in [0, 0.05) is 0 Å². The topological polar surface area (TPSA) is 64.6 Å². The van der Waals surface area contributed by atoms with Crippen molar-refractivity contribution in [3.8, 4) is 0 Å². The van der Waals surface area contributed by atoms with E-state index in [1.807, 2.05) is 30.3 Å². The van der Waals surface area contributed by atoms with Crippen molar-refractivity contribution in [1.82, 2.24) is 5.32 Å². The third-order valence-electron chi connectivity index (χ3n) is 3.55. The maximum atomic E-state index is 12.3. The highest BCUT2D eigenvalue weighted by molar-refractivity contribution is 5.84. The summed E-state index contributed by atoms with van der Waals surface area (Å²) in [5.74, 6) is -0.882. The number of ether oxygens (including phenoxy) is 2. The van der Waals surface area contributed by atoms with E-state index in [4.69, 9.17) is 9.47 Å². The lowest BCUT2D eigenvalue weighted by Crippen LogP contribution is -2.40.